The smallest absolute Gasteiger partial charge is 0.129 e. The molecule has 3 N–H and O–H groups in total. The van der Waals surface area contributed by atoms with Gasteiger partial charge in [0.15, 0.2) is 0 Å². The SMILES string of the molecule is NCC(NCC1CC1)c1c(F)cccc1Cl. The molecule has 0 heterocycles. The molecule has 1 aromatic rings. The zero-order valence-corrected chi connectivity index (χ0v) is 9.80. The van der Waals surface area contributed by atoms with Gasteiger partial charge in [-0.15, -0.1) is 0 Å². The van der Waals surface area contributed by atoms with Crippen LogP contribution in [-0.2, 0) is 0 Å². The molecular weight excluding hydrogens is 227 g/mol. The van der Waals surface area contributed by atoms with Crippen LogP contribution in [-0.4, -0.2) is 13.1 Å². The van der Waals surface area contributed by atoms with Crippen molar-refractivity contribution in [3.8, 4) is 0 Å². The zero-order chi connectivity index (χ0) is 11.5. The van der Waals surface area contributed by atoms with Crippen LogP contribution >= 0.6 is 11.6 Å². The Morgan fingerprint density at radius 2 is 2.25 bits per heavy atom. The summed E-state index contributed by atoms with van der Waals surface area (Å²) in [6, 6.07) is 4.54. The van der Waals surface area contributed by atoms with Crippen LogP contribution < -0.4 is 11.1 Å². The topological polar surface area (TPSA) is 38.0 Å². The standard InChI is InChI=1S/C12H16ClFN2/c13-9-2-1-3-10(14)12(9)11(6-15)16-7-8-4-5-8/h1-3,8,11,16H,4-7,15H2. The summed E-state index contributed by atoms with van der Waals surface area (Å²) in [6.45, 7) is 1.25. The predicted octanol–water partition coefficient (Wildman–Crippen LogP) is 2.48. The van der Waals surface area contributed by atoms with Gasteiger partial charge in [-0.3, -0.25) is 0 Å². The fourth-order valence-electron chi connectivity index (χ4n) is 1.78. The zero-order valence-electron chi connectivity index (χ0n) is 9.05. The maximum absolute atomic E-state index is 13.6. The van der Waals surface area contributed by atoms with Gasteiger partial charge in [0.25, 0.3) is 0 Å². The molecule has 1 aliphatic carbocycles. The third-order valence-electron chi connectivity index (χ3n) is 2.93. The molecule has 1 saturated carbocycles. The second-order valence-corrected chi connectivity index (χ2v) is 4.68. The summed E-state index contributed by atoms with van der Waals surface area (Å²) in [5.74, 6) is 0.450. The van der Waals surface area contributed by atoms with Crippen LogP contribution in [0.2, 0.25) is 5.02 Å². The van der Waals surface area contributed by atoms with Crippen molar-refractivity contribution in [2.24, 2.45) is 11.7 Å². The molecule has 1 fully saturated rings. The van der Waals surface area contributed by atoms with E-state index in [0.717, 1.165) is 12.5 Å². The van der Waals surface area contributed by atoms with Crippen LogP contribution in [0.25, 0.3) is 0 Å². The minimum Gasteiger partial charge on any atom is -0.329 e. The van der Waals surface area contributed by atoms with Crippen LogP contribution in [0.15, 0.2) is 18.2 Å². The van der Waals surface area contributed by atoms with Crippen LogP contribution in [0, 0.1) is 11.7 Å². The lowest BCUT2D eigenvalue weighted by atomic mass is 10.1. The maximum Gasteiger partial charge on any atom is 0.129 e. The van der Waals surface area contributed by atoms with Gasteiger partial charge < -0.3 is 11.1 Å². The Balaban J connectivity index is 2.11. The highest BCUT2D eigenvalue weighted by Crippen LogP contribution is 2.30. The van der Waals surface area contributed by atoms with Crippen molar-refractivity contribution >= 4 is 11.6 Å². The third kappa shape index (κ3) is 2.73. The number of nitrogens with one attached hydrogen (secondary N) is 1. The normalized spacial score (nSPS) is 17.4. The first-order chi connectivity index (χ1) is 7.72. The molecular formula is C12H16ClFN2. The number of rotatable bonds is 5. The quantitative estimate of drug-likeness (QED) is 0.833. The molecule has 0 amide bonds. The molecule has 1 unspecified atom stereocenters. The molecule has 0 aromatic heterocycles. The summed E-state index contributed by atoms with van der Waals surface area (Å²) >= 11 is 6.00. The Kier molecular flexibility index (Phi) is 3.79. The monoisotopic (exact) mass is 242 g/mol. The van der Waals surface area contributed by atoms with Crippen molar-refractivity contribution in [1.29, 1.82) is 0 Å². The summed E-state index contributed by atoms with van der Waals surface area (Å²) in [4.78, 5) is 0. The first-order valence-electron chi connectivity index (χ1n) is 5.59. The van der Waals surface area contributed by atoms with E-state index < -0.39 is 0 Å². The van der Waals surface area contributed by atoms with Gasteiger partial charge in [0, 0.05) is 23.2 Å². The number of nitrogens with two attached hydrogens (primary N) is 1. The molecule has 0 spiro atoms. The van der Waals surface area contributed by atoms with Gasteiger partial charge in [0.05, 0.1) is 0 Å². The molecule has 0 bridgehead atoms. The number of hydrogen-bond acceptors (Lipinski definition) is 2. The molecule has 16 heavy (non-hydrogen) atoms. The van der Waals surface area contributed by atoms with E-state index in [4.69, 9.17) is 17.3 Å². The van der Waals surface area contributed by atoms with E-state index in [0.29, 0.717) is 17.1 Å². The van der Waals surface area contributed by atoms with Crippen LogP contribution in [0.1, 0.15) is 24.4 Å². The number of benzene rings is 1. The molecule has 88 valence electrons. The molecule has 4 heteroatoms. The van der Waals surface area contributed by atoms with E-state index in [1.54, 1.807) is 12.1 Å². The van der Waals surface area contributed by atoms with E-state index in [-0.39, 0.29) is 11.9 Å². The first kappa shape index (κ1) is 11.8. The molecule has 0 saturated heterocycles. The summed E-state index contributed by atoms with van der Waals surface area (Å²) in [5, 5.41) is 3.72. The molecule has 2 nitrogen and oxygen atoms in total. The predicted molar refractivity (Wildman–Crippen MR) is 63.9 cm³/mol. The summed E-state index contributed by atoms with van der Waals surface area (Å²) in [6.07, 6.45) is 2.52. The third-order valence-corrected chi connectivity index (χ3v) is 3.26. The molecule has 1 aliphatic rings. The highest BCUT2D eigenvalue weighted by molar-refractivity contribution is 6.31. The van der Waals surface area contributed by atoms with Crippen LogP contribution in [0.3, 0.4) is 0 Å². The Morgan fingerprint density at radius 3 is 2.81 bits per heavy atom. The van der Waals surface area contributed by atoms with Gasteiger partial charge in [-0.25, -0.2) is 4.39 Å². The number of halogens is 2. The van der Waals surface area contributed by atoms with Gasteiger partial charge in [-0.05, 0) is 37.4 Å². The van der Waals surface area contributed by atoms with E-state index in [1.165, 1.54) is 18.9 Å². The average molecular weight is 243 g/mol. The van der Waals surface area contributed by atoms with Crippen molar-refractivity contribution in [1.82, 2.24) is 5.32 Å². The van der Waals surface area contributed by atoms with Gasteiger partial charge in [-0.2, -0.15) is 0 Å². The van der Waals surface area contributed by atoms with Gasteiger partial charge in [-0.1, -0.05) is 17.7 Å². The summed E-state index contributed by atoms with van der Waals surface area (Å²) < 4.78 is 13.6. The fourth-order valence-corrected chi connectivity index (χ4v) is 2.07. The van der Waals surface area contributed by atoms with E-state index >= 15 is 0 Å². The lowest BCUT2D eigenvalue weighted by molar-refractivity contribution is 0.494. The van der Waals surface area contributed by atoms with Crippen molar-refractivity contribution in [2.75, 3.05) is 13.1 Å². The van der Waals surface area contributed by atoms with E-state index in [9.17, 15) is 4.39 Å². The van der Waals surface area contributed by atoms with E-state index in [1.807, 2.05) is 0 Å². The van der Waals surface area contributed by atoms with Crippen molar-refractivity contribution in [3.63, 3.8) is 0 Å². The van der Waals surface area contributed by atoms with Gasteiger partial charge >= 0.3 is 0 Å². The summed E-state index contributed by atoms with van der Waals surface area (Å²) in [7, 11) is 0. The molecule has 2 rings (SSSR count). The molecule has 1 aromatic carbocycles. The lowest BCUT2D eigenvalue weighted by Gasteiger charge is -2.19. The van der Waals surface area contributed by atoms with Crippen LogP contribution in [0.4, 0.5) is 4.39 Å². The van der Waals surface area contributed by atoms with Crippen molar-refractivity contribution in [3.05, 3.63) is 34.6 Å². The van der Waals surface area contributed by atoms with E-state index in [2.05, 4.69) is 5.32 Å². The van der Waals surface area contributed by atoms with Gasteiger partial charge in [0.2, 0.25) is 0 Å². The van der Waals surface area contributed by atoms with Gasteiger partial charge in [0.1, 0.15) is 5.82 Å². The Morgan fingerprint density at radius 1 is 1.50 bits per heavy atom. The maximum atomic E-state index is 13.6. The van der Waals surface area contributed by atoms with Crippen LogP contribution in [0.5, 0.6) is 0 Å². The second kappa shape index (κ2) is 5.13. The lowest BCUT2D eigenvalue weighted by Crippen LogP contribution is -2.30. The molecule has 0 radical (unpaired) electrons. The Labute approximate surface area is 100.0 Å². The summed E-state index contributed by atoms with van der Waals surface area (Å²) in [5.41, 5.74) is 6.15. The van der Waals surface area contributed by atoms with Crippen molar-refractivity contribution < 1.29 is 4.39 Å². The fraction of sp³-hybridized carbons (Fsp3) is 0.500. The second-order valence-electron chi connectivity index (χ2n) is 4.28. The molecule has 0 aliphatic heterocycles. The average Bonchev–Trinajstić information content (AvgIpc) is 3.06. The minimum atomic E-state index is -0.286. The number of hydrogen-bond donors (Lipinski definition) is 2. The first-order valence-corrected chi connectivity index (χ1v) is 5.97. The Hall–Kier alpha value is -0.640. The highest BCUT2D eigenvalue weighted by Gasteiger charge is 2.24. The largest absolute Gasteiger partial charge is 0.329 e. The highest BCUT2D eigenvalue weighted by atomic mass is 35.5. The Bertz CT molecular complexity index is 346. The van der Waals surface area contributed by atoms with Crippen molar-refractivity contribution in [2.45, 2.75) is 18.9 Å². The minimum absolute atomic E-state index is 0.186. The molecule has 1 atom stereocenters.